The van der Waals surface area contributed by atoms with Gasteiger partial charge in [0.1, 0.15) is 5.75 Å². The molecule has 5 rings (SSSR count). The largest absolute Gasteiger partial charge is 0.508 e. The number of aryl methyl sites for hydroxylation is 1. The molecule has 1 unspecified atom stereocenters. The number of nitrogens with zero attached hydrogens (tertiary/aromatic N) is 3. The van der Waals surface area contributed by atoms with Crippen LogP contribution < -0.4 is 10.6 Å². The number of thiazole rings is 1. The van der Waals surface area contributed by atoms with E-state index in [4.69, 9.17) is 9.84 Å². The van der Waals surface area contributed by atoms with E-state index in [0.717, 1.165) is 34.2 Å². The molecule has 1 aromatic heterocycles. The number of aliphatic hydroxyl groups excluding tert-OH is 1. The number of anilines is 2. The molecule has 2 heterocycles. The van der Waals surface area contributed by atoms with E-state index in [1.807, 2.05) is 61.5 Å². The molecule has 0 saturated heterocycles. The number of fused-ring (bicyclic) bond motifs is 1. The van der Waals surface area contributed by atoms with Crippen molar-refractivity contribution in [3.05, 3.63) is 83.9 Å². The fourth-order valence-corrected chi connectivity index (χ4v) is 4.33. The van der Waals surface area contributed by atoms with Crippen molar-refractivity contribution >= 4 is 44.4 Å². The first-order valence-electron chi connectivity index (χ1n) is 11.9. The van der Waals surface area contributed by atoms with Crippen LogP contribution in [0.1, 0.15) is 18.1 Å². The van der Waals surface area contributed by atoms with E-state index in [1.165, 1.54) is 15.8 Å². The van der Waals surface area contributed by atoms with Crippen LogP contribution in [0.2, 0.25) is 0 Å². The zero-order valence-electron chi connectivity index (χ0n) is 20.6. The van der Waals surface area contributed by atoms with E-state index in [2.05, 4.69) is 26.7 Å². The first-order valence-corrected chi connectivity index (χ1v) is 12.7. The van der Waals surface area contributed by atoms with Crippen LogP contribution in [0.25, 0.3) is 10.2 Å². The third kappa shape index (κ3) is 6.96. The summed E-state index contributed by atoms with van der Waals surface area (Å²) < 4.78 is 6.07. The maximum absolute atomic E-state index is 11.8. The fraction of sp³-hybridized carbons (Fsp3) is 0.222. The summed E-state index contributed by atoms with van der Waals surface area (Å²) in [5, 5.41) is 25.7. The molecule has 1 amide bonds. The number of rotatable bonds is 6. The van der Waals surface area contributed by atoms with Gasteiger partial charge in [0.2, 0.25) is 12.3 Å². The summed E-state index contributed by atoms with van der Waals surface area (Å²) in [6.07, 6.45) is -0.982. The van der Waals surface area contributed by atoms with Gasteiger partial charge in [0.25, 0.3) is 0 Å². The Balaban J connectivity index is 0.000000342. The van der Waals surface area contributed by atoms with E-state index in [9.17, 15) is 9.90 Å². The van der Waals surface area contributed by atoms with Crippen molar-refractivity contribution in [2.24, 2.45) is 4.99 Å². The van der Waals surface area contributed by atoms with Crippen molar-refractivity contribution in [2.45, 2.75) is 26.6 Å². The van der Waals surface area contributed by atoms with Gasteiger partial charge in [-0.2, -0.15) is 9.89 Å². The summed E-state index contributed by atoms with van der Waals surface area (Å²) in [4.78, 5) is 21.3. The second-order valence-corrected chi connectivity index (χ2v) is 9.22. The highest BCUT2D eigenvalue weighted by atomic mass is 32.1. The minimum atomic E-state index is -1.20. The lowest BCUT2D eigenvalue weighted by molar-refractivity contribution is 0.0225. The SMILES string of the molecule is CCOC(=O)N1C(Nc2ccc(CCNc3nc4ccccc4s3)cc2)=NC1O.Cc1ccc(O)cc1. The normalized spacial score (nSPS) is 14.2. The van der Waals surface area contributed by atoms with Gasteiger partial charge in [0.15, 0.2) is 5.13 Å². The Hall–Kier alpha value is -4.15. The number of phenols is 1. The monoisotopic (exact) mass is 519 g/mol. The van der Waals surface area contributed by atoms with Crippen LogP contribution in [0.15, 0.2) is 77.8 Å². The number of carbonyl (C=O) groups excluding carboxylic acids is 1. The number of ether oxygens (including phenoxy) is 1. The molecule has 1 aliphatic heterocycles. The minimum Gasteiger partial charge on any atom is -0.508 e. The quantitative estimate of drug-likeness (QED) is 0.278. The Morgan fingerprint density at radius 1 is 1.08 bits per heavy atom. The molecule has 4 N–H and O–H groups in total. The van der Waals surface area contributed by atoms with Crippen LogP contribution in [0, 0.1) is 6.92 Å². The Morgan fingerprint density at radius 2 is 1.81 bits per heavy atom. The average Bonchev–Trinajstić information content (AvgIpc) is 3.30. The average molecular weight is 520 g/mol. The summed E-state index contributed by atoms with van der Waals surface area (Å²) >= 11 is 1.65. The number of hydrogen-bond acceptors (Lipinski definition) is 9. The number of aliphatic hydroxyl groups is 1. The highest BCUT2D eigenvalue weighted by molar-refractivity contribution is 7.22. The van der Waals surface area contributed by atoms with Crippen LogP contribution in [0.5, 0.6) is 5.75 Å². The second kappa shape index (κ2) is 12.2. The zero-order valence-corrected chi connectivity index (χ0v) is 21.4. The first-order chi connectivity index (χ1) is 17.9. The molecule has 3 aromatic carbocycles. The molecule has 1 aliphatic rings. The number of para-hydroxylation sites is 1. The number of aromatic nitrogens is 1. The lowest BCUT2D eigenvalue weighted by atomic mass is 10.1. The van der Waals surface area contributed by atoms with E-state index >= 15 is 0 Å². The maximum Gasteiger partial charge on any atom is 0.420 e. The third-order valence-corrected chi connectivity index (χ3v) is 6.38. The number of nitrogens with one attached hydrogen (secondary N) is 2. The molecule has 9 nitrogen and oxygen atoms in total. The highest BCUT2D eigenvalue weighted by Crippen LogP contribution is 2.25. The van der Waals surface area contributed by atoms with E-state index in [1.54, 1.807) is 30.4 Å². The van der Waals surface area contributed by atoms with Crippen LogP contribution in [-0.4, -0.2) is 51.7 Å². The first kappa shape index (κ1) is 25.9. The van der Waals surface area contributed by atoms with Crippen LogP contribution in [0.4, 0.5) is 15.6 Å². The van der Waals surface area contributed by atoms with Gasteiger partial charge in [-0.1, -0.05) is 53.3 Å². The summed E-state index contributed by atoms with van der Waals surface area (Å²) in [6.45, 7) is 4.70. The molecule has 0 aliphatic carbocycles. The van der Waals surface area contributed by atoms with Crippen molar-refractivity contribution in [1.82, 2.24) is 9.88 Å². The molecular weight excluding hydrogens is 490 g/mol. The van der Waals surface area contributed by atoms with Crippen LogP contribution in [-0.2, 0) is 11.2 Å². The highest BCUT2D eigenvalue weighted by Gasteiger charge is 2.36. The van der Waals surface area contributed by atoms with Gasteiger partial charge in [0, 0.05) is 12.2 Å². The van der Waals surface area contributed by atoms with Gasteiger partial charge in [0.05, 0.1) is 16.8 Å². The van der Waals surface area contributed by atoms with Gasteiger partial charge >= 0.3 is 6.09 Å². The maximum atomic E-state index is 11.8. The molecule has 192 valence electrons. The lowest BCUT2D eigenvalue weighted by Gasteiger charge is -2.33. The number of benzene rings is 3. The van der Waals surface area contributed by atoms with Gasteiger partial charge in [-0.3, -0.25) is 0 Å². The smallest absolute Gasteiger partial charge is 0.420 e. The Morgan fingerprint density at radius 3 is 2.46 bits per heavy atom. The van der Waals surface area contributed by atoms with Gasteiger partial charge in [-0.15, -0.1) is 0 Å². The summed E-state index contributed by atoms with van der Waals surface area (Å²) in [7, 11) is 0. The van der Waals surface area contributed by atoms with Gasteiger partial charge in [-0.05, 0) is 62.2 Å². The third-order valence-electron chi connectivity index (χ3n) is 5.39. The number of phenolic OH excluding ortho intramolecular Hbond substituents is 1. The number of guanidine groups is 1. The Labute approximate surface area is 219 Å². The Bertz CT molecular complexity index is 1300. The molecular formula is C27H29N5O4S. The Kier molecular flexibility index (Phi) is 8.55. The molecule has 10 heteroatoms. The van der Waals surface area contributed by atoms with E-state index in [-0.39, 0.29) is 12.6 Å². The van der Waals surface area contributed by atoms with Crippen molar-refractivity contribution < 1.29 is 19.7 Å². The van der Waals surface area contributed by atoms with Crippen molar-refractivity contribution in [3.8, 4) is 5.75 Å². The molecule has 37 heavy (non-hydrogen) atoms. The second-order valence-electron chi connectivity index (χ2n) is 8.19. The zero-order chi connectivity index (χ0) is 26.2. The number of amides is 1. The molecule has 0 saturated carbocycles. The topological polar surface area (TPSA) is 119 Å². The standard InChI is InChI=1S/C20H21N5O3S.C7H8O/c1-2-28-20(27)25-17(24-19(25)26)22-14-9-7-13(8-10-14)11-12-21-18-23-15-5-3-4-6-16(15)29-18;1-6-2-4-7(8)5-3-6/h3-10,19,26H,2,11-12H2,1H3,(H,21,23)(H,22,24);2-5,8H,1H3. The molecule has 0 bridgehead atoms. The van der Waals surface area contributed by atoms with Crippen molar-refractivity contribution in [1.29, 1.82) is 0 Å². The lowest BCUT2D eigenvalue weighted by Crippen LogP contribution is -2.55. The van der Waals surface area contributed by atoms with E-state index < -0.39 is 12.4 Å². The minimum absolute atomic E-state index is 0.231. The number of aliphatic imine (C=N–C) groups is 1. The molecule has 4 aromatic rings. The van der Waals surface area contributed by atoms with Crippen molar-refractivity contribution in [3.63, 3.8) is 0 Å². The van der Waals surface area contributed by atoms with Crippen molar-refractivity contribution in [2.75, 3.05) is 23.8 Å². The van der Waals surface area contributed by atoms with Crippen LogP contribution in [0.3, 0.4) is 0 Å². The van der Waals surface area contributed by atoms with Gasteiger partial charge < -0.3 is 25.6 Å². The molecule has 0 radical (unpaired) electrons. The predicted octanol–water partition coefficient (Wildman–Crippen LogP) is 5.17. The van der Waals surface area contributed by atoms with Gasteiger partial charge in [-0.25, -0.2) is 9.78 Å². The fourth-order valence-electron chi connectivity index (χ4n) is 3.44. The summed E-state index contributed by atoms with van der Waals surface area (Å²) in [5.41, 5.74) is 4.12. The van der Waals surface area contributed by atoms with E-state index in [0.29, 0.717) is 5.75 Å². The molecule has 0 fully saturated rings. The number of hydrogen-bond donors (Lipinski definition) is 4. The molecule has 1 atom stereocenters. The summed E-state index contributed by atoms with van der Waals surface area (Å²) in [6, 6.07) is 23.0. The number of aromatic hydroxyl groups is 1. The summed E-state index contributed by atoms with van der Waals surface area (Å²) in [5.74, 6) is 0.594. The molecule has 0 spiro atoms. The predicted molar refractivity (Wildman–Crippen MR) is 147 cm³/mol. The number of carbonyl (C=O) groups is 1. The van der Waals surface area contributed by atoms with Crippen LogP contribution >= 0.6 is 11.3 Å².